The quantitative estimate of drug-likeness (QED) is 0.299. The molecule has 0 aliphatic rings. The number of para-hydroxylation sites is 1. The van der Waals surface area contributed by atoms with Crippen molar-refractivity contribution in [2.45, 2.75) is 85.4 Å². The van der Waals surface area contributed by atoms with Crippen molar-refractivity contribution < 1.29 is 24.2 Å². The Morgan fingerprint density at radius 3 is 2.33 bits per heavy atom. The lowest BCUT2D eigenvalue weighted by Gasteiger charge is -2.35. The zero-order chi connectivity index (χ0) is 29.3. The van der Waals surface area contributed by atoms with Crippen molar-refractivity contribution in [2.75, 3.05) is 18.5 Å². The number of ether oxygens (including phenoxy) is 1. The van der Waals surface area contributed by atoms with Gasteiger partial charge in [0.2, 0.25) is 5.91 Å². The van der Waals surface area contributed by atoms with Gasteiger partial charge in [-0.25, -0.2) is 4.79 Å². The van der Waals surface area contributed by atoms with Crippen molar-refractivity contribution in [3.05, 3.63) is 63.7 Å². The van der Waals surface area contributed by atoms with Crippen LogP contribution < -0.4 is 10.6 Å². The summed E-state index contributed by atoms with van der Waals surface area (Å²) in [5.41, 5.74) is 2.85. The third-order valence-electron chi connectivity index (χ3n) is 6.22. The van der Waals surface area contributed by atoms with Crippen LogP contribution in [-0.4, -0.2) is 52.7 Å². The van der Waals surface area contributed by atoms with Gasteiger partial charge in [-0.3, -0.25) is 9.59 Å². The second-order valence-corrected chi connectivity index (χ2v) is 11.2. The van der Waals surface area contributed by atoms with Crippen molar-refractivity contribution in [3.8, 4) is 0 Å². The van der Waals surface area contributed by atoms with E-state index in [1.807, 2.05) is 52.0 Å². The number of carbonyl (C=O) groups is 3. The smallest absolute Gasteiger partial charge is 0.408 e. The highest BCUT2D eigenvalue weighted by molar-refractivity contribution is 6.34. The molecular formula is C30H42ClN3O5. The number of benzene rings is 2. The first-order chi connectivity index (χ1) is 18.3. The molecule has 0 aromatic heterocycles. The number of hydrogen-bond acceptors (Lipinski definition) is 5. The van der Waals surface area contributed by atoms with Crippen LogP contribution in [0.1, 0.15) is 75.3 Å². The molecule has 9 heteroatoms. The summed E-state index contributed by atoms with van der Waals surface area (Å²) >= 11 is 6.42. The minimum absolute atomic E-state index is 0.242. The van der Waals surface area contributed by atoms with Crippen molar-refractivity contribution in [2.24, 2.45) is 0 Å². The Balaban J connectivity index is 2.58. The van der Waals surface area contributed by atoms with Crippen LogP contribution in [0.3, 0.4) is 0 Å². The fourth-order valence-electron chi connectivity index (χ4n) is 4.22. The van der Waals surface area contributed by atoms with Crippen molar-refractivity contribution in [1.82, 2.24) is 10.2 Å². The largest absolute Gasteiger partial charge is 0.444 e. The Morgan fingerprint density at radius 1 is 1.05 bits per heavy atom. The molecule has 2 atom stereocenters. The molecule has 0 saturated heterocycles. The fourth-order valence-corrected chi connectivity index (χ4v) is 4.49. The highest BCUT2D eigenvalue weighted by atomic mass is 35.5. The van der Waals surface area contributed by atoms with Crippen LogP contribution in [0.2, 0.25) is 5.02 Å². The standard InChI is InChI=1S/C30H42ClN3O5/c1-8-9-10-16-34(28(37)24(18-35)32-29(38)39-30(5,6)7)26(22-17-19(2)14-15-20(22)3)27(36)33-25-21(4)12-11-13-23(25)31/h11-15,17,24,26,35H,8-10,16,18H2,1-7H3,(H,32,38)(H,33,36). The number of aliphatic hydroxyl groups is 1. The Kier molecular flexibility index (Phi) is 11.8. The van der Waals surface area contributed by atoms with Crippen LogP contribution in [0.4, 0.5) is 10.5 Å². The van der Waals surface area contributed by atoms with Gasteiger partial charge in [0, 0.05) is 6.54 Å². The van der Waals surface area contributed by atoms with Gasteiger partial charge in [-0.2, -0.15) is 0 Å². The summed E-state index contributed by atoms with van der Waals surface area (Å²) in [4.78, 5) is 41.9. The predicted molar refractivity (Wildman–Crippen MR) is 155 cm³/mol. The average Bonchev–Trinajstić information content (AvgIpc) is 2.84. The summed E-state index contributed by atoms with van der Waals surface area (Å²) in [5, 5.41) is 15.9. The third-order valence-corrected chi connectivity index (χ3v) is 6.53. The average molecular weight is 560 g/mol. The van der Waals surface area contributed by atoms with Gasteiger partial charge in [0.05, 0.1) is 17.3 Å². The van der Waals surface area contributed by atoms with E-state index in [1.54, 1.807) is 32.9 Å². The maximum Gasteiger partial charge on any atom is 0.408 e. The Labute approximate surface area is 237 Å². The molecule has 3 amide bonds. The number of nitrogens with zero attached hydrogens (tertiary/aromatic N) is 1. The second-order valence-electron chi connectivity index (χ2n) is 10.8. The first kappa shape index (κ1) is 32.1. The van der Waals surface area contributed by atoms with Gasteiger partial charge in [-0.15, -0.1) is 0 Å². The van der Waals surface area contributed by atoms with Crippen LogP contribution in [0.5, 0.6) is 0 Å². The zero-order valence-corrected chi connectivity index (χ0v) is 24.8. The number of amides is 3. The summed E-state index contributed by atoms with van der Waals surface area (Å²) in [5.74, 6) is -1.03. The van der Waals surface area contributed by atoms with E-state index in [-0.39, 0.29) is 6.54 Å². The molecule has 0 bridgehead atoms. The van der Waals surface area contributed by atoms with Crippen molar-refractivity contribution in [3.63, 3.8) is 0 Å². The molecule has 39 heavy (non-hydrogen) atoms. The number of aliphatic hydroxyl groups excluding tert-OH is 1. The highest BCUT2D eigenvalue weighted by Gasteiger charge is 2.37. The van der Waals surface area contributed by atoms with E-state index in [9.17, 15) is 19.5 Å². The van der Waals surface area contributed by atoms with E-state index in [4.69, 9.17) is 16.3 Å². The molecule has 214 valence electrons. The molecular weight excluding hydrogens is 518 g/mol. The first-order valence-corrected chi connectivity index (χ1v) is 13.7. The topological polar surface area (TPSA) is 108 Å². The van der Waals surface area contributed by atoms with Gasteiger partial charge < -0.3 is 25.4 Å². The highest BCUT2D eigenvalue weighted by Crippen LogP contribution is 2.31. The number of halogens is 1. The Morgan fingerprint density at radius 2 is 1.74 bits per heavy atom. The van der Waals surface area contributed by atoms with Crippen LogP contribution in [-0.2, 0) is 14.3 Å². The number of rotatable bonds is 11. The maximum atomic E-state index is 14.0. The molecule has 0 spiro atoms. The molecule has 0 aliphatic heterocycles. The SMILES string of the molecule is CCCCCN(C(=O)C(CO)NC(=O)OC(C)(C)C)C(C(=O)Nc1c(C)cccc1Cl)c1cc(C)ccc1C. The van der Waals surface area contributed by atoms with E-state index >= 15 is 0 Å². The number of alkyl carbamates (subject to hydrolysis) is 1. The Hall–Kier alpha value is -3.10. The number of unbranched alkanes of at least 4 members (excludes halogenated alkanes) is 2. The zero-order valence-electron chi connectivity index (χ0n) is 24.1. The minimum atomic E-state index is -1.30. The summed E-state index contributed by atoms with van der Waals surface area (Å²) in [6.07, 6.45) is 1.54. The maximum absolute atomic E-state index is 14.0. The number of anilines is 1. The van der Waals surface area contributed by atoms with Crippen LogP contribution >= 0.6 is 11.6 Å². The predicted octanol–water partition coefficient (Wildman–Crippen LogP) is 5.85. The lowest BCUT2D eigenvalue weighted by Crippen LogP contribution is -2.54. The summed E-state index contributed by atoms with van der Waals surface area (Å²) < 4.78 is 5.31. The number of carbonyl (C=O) groups excluding carboxylic acids is 3. The van der Waals surface area contributed by atoms with Gasteiger partial charge in [-0.05, 0) is 70.7 Å². The van der Waals surface area contributed by atoms with E-state index in [2.05, 4.69) is 10.6 Å². The third kappa shape index (κ3) is 9.25. The van der Waals surface area contributed by atoms with E-state index in [1.165, 1.54) is 4.90 Å². The van der Waals surface area contributed by atoms with E-state index in [0.29, 0.717) is 22.7 Å². The Bertz CT molecular complexity index is 1140. The molecule has 0 aliphatic carbocycles. The van der Waals surface area contributed by atoms with Gasteiger partial charge in [0.15, 0.2) is 0 Å². The van der Waals surface area contributed by atoms with E-state index in [0.717, 1.165) is 29.5 Å². The number of aryl methyl sites for hydroxylation is 3. The fraction of sp³-hybridized carbons (Fsp3) is 0.500. The molecule has 3 N–H and O–H groups in total. The first-order valence-electron chi connectivity index (χ1n) is 13.3. The summed E-state index contributed by atoms with van der Waals surface area (Å²) in [6.45, 7) is 12.4. The lowest BCUT2D eigenvalue weighted by molar-refractivity contribution is -0.141. The molecule has 0 radical (unpaired) electrons. The molecule has 0 saturated carbocycles. The van der Waals surface area contributed by atoms with Crippen LogP contribution in [0.25, 0.3) is 0 Å². The summed E-state index contributed by atoms with van der Waals surface area (Å²) in [7, 11) is 0. The monoisotopic (exact) mass is 559 g/mol. The summed E-state index contributed by atoms with van der Waals surface area (Å²) in [6, 6.07) is 8.71. The molecule has 2 rings (SSSR count). The molecule has 0 heterocycles. The normalized spacial score (nSPS) is 12.8. The van der Waals surface area contributed by atoms with Gasteiger partial charge in [-0.1, -0.05) is 67.3 Å². The molecule has 2 aromatic rings. The van der Waals surface area contributed by atoms with Gasteiger partial charge in [0.1, 0.15) is 17.7 Å². The lowest BCUT2D eigenvalue weighted by atomic mass is 9.95. The molecule has 8 nitrogen and oxygen atoms in total. The minimum Gasteiger partial charge on any atom is -0.444 e. The van der Waals surface area contributed by atoms with Crippen molar-refractivity contribution in [1.29, 1.82) is 0 Å². The van der Waals surface area contributed by atoms with Gasteiger partial charge >= 0.3 is 6.09 Å². The van der Waals surface area contributed by atoms with Gasteiger partial charge in [0.25, 0.3) is 5.91 Å². The molecule has 2 unspecified atom stereocenters. The van der Waals surface area contributed by atoms with E-state index < -0.39 is 42.2 Å². The van der Waals surface area contributed by atoms with Crippen LogP contribution in [0.15, 0.2) is 36.4 Å². The van der Waals surface area contributed by atoms with Crippen molar-refractivity contribution >= 4 is 35.2 Å². The second kappa shape index (κ2) is 14.3. The van der Waals surface area contributed by atoms with Crippen LogP contribution in [0, 0.1) is 20.8 Å². The molecule has 2 aromatic carbocycles. The number of nitrogens with one attached hydrogen (secondary N) is 2. The molecule has 0 fully saturated rings. The number of hydrogen-bond donors (Lipinski definition) is 3.